The third kappa shape index (κ3) is 4.72. The Hall–Kier alpha value is -1.21. The number of alkyl halides is 2. The number of halogens is 2. The van der Waals surface area contributed by atoms with Crippen LogP contribution < -0.4 is 4.90 Å². The van der Waals surface area contributed by atoms with Crippen LogP contribution >= 0.6 is 9.24 Å². The van der Waals surface area contributed by atoms with Crippen molar-refractivity contribution in [3.05, 3.63) is 53.3 Å². The highest BCUT2D eigenvalue weighted by atomic mass is 31.0. The molecule has 0 N–H and O–H groups in total. The zero-order valence-corrected chi connectivity index (χ0v) is 13.6. The molecule has 0 aliphatic carbocycles. The molecule has 1 aromatic carbocycles. The van der Waals surface area contributed by atoms with Gasteiger partial charge in [-0.3, -0.25) is 0 Å². The van der Waals surface area contributed by atoms with Gasteiger partial charge in [0.15, 0.2) is 0 Å². The van der Waals surface area contributed by atoms with Crippen LogP contribution in [0.4, 0.5) is 14.5 Å². The molecular weight excluding hydrogens is 275 g/mol. The predicted molar refractivity (Wildman–Crippen MR) is 86.3 cm³/mol. The summed E-state index contributed by atoms with van der Waals surface area (Å²) in [6, 6.07) is 6.34. The topological polar surface area (TPSA) is 3.24 Å². The lowest BCUT2D eigenvalue weighted by molar-refractivity contribution is 0.104. The number of anilines is 1. The van der Waals surface area contributed by atoms with Crippen LogP contribution in [-0.4, -0.2) is 7.05 Å². The first-order chi connectivity index (χ1) is 9.25. The Morgan fingerprint density at radius 1 is 1.25 bits per heavy atom. The van der Waals surface area contributed by atoms with Crippen LogP contribution in [0, 0.1) is 0 Å². The van der Waals surface area contributed by atoms with Gasteiger partial charge in [0.05, 0.1) is 0 Å². The second kappa shape index (κ2) is 6.99. The van der Waals surface area contributed by atoms with Crippen LogP contribution in [0.2, 0.25) is 0 Å². The molecule has 110 valence electrons. The first kappa shape index (κ1) is 16.8. The predicted octanol–water partition coefficient (Wildman–Crippen LogP) is 5.31. The van der Waals surface area contributed by atoms with E-state index in [2.05, 4.69) is 26.0 Å². The SMILES string of the molecule is CC/C=C(C)\C=C(\C)N(C)c1ccc(C(F)(F)P)cc1. The smallest absolute Gasteiger partial charge is 0.283 e. The van der Waals surface area contributed by atoms with E-state index < -0.39 is 5.66 Å². The van der Waals surface area contributed by atoms with Gasteiger partial charge in [0.25, 0.3) is 5.66 Å². The lowest BCUT2D eigenvalue weighted by Crippen LogP contribution is -2.14. The summed E-state index contributed by atoms with van der Waals surface area (Å²) in [7, 11) is 3.49. The second-order valence-electron chi connectivity index (χ2n) is 4.87. The normalized spacial score (nSPS) is 13.6. The largest absolute Gasteiger partial charge is 0.348 e. The Balaban J connectivity index is 2.93. The molecule has 0 heterocycles. The van der Waals surface area contributed by atoms with Gasteiger partial charge in [-0.15, -0.1) is 0 Å². The molecule has 0 aliphatic heterocycles. The van der Waals surface area contributed by atoms with Crippen LogP contribution in [0.15, 0.2) is 47.7 Å². The minimum atomic E-state index is -2.87. The van der Waals surface area contributed by atoms with E-state index in [1.54, 1.807) is 21.4 Å². The fraction of sp³-hybridized carbons (Fsp3) is 0.375. The Bertz CT molecular complexity index is 498. The second-order valence-corrected chi connectivity index (χ2v) is 5.60. The number of hydrogen-bond acceptors (Lipinski definition) is 1. The highest BCUT2D eigenvalue weighted by molar-refractivity contribution is 7.17. The van der Waals surface area contributed by atoms with Gasteiger partial charge in [0.1, 0.15) is 0 Å². The van der Waals surface area contributed by atoms with Gasteiger partial charge in [-0.2, -0.15) is 8.78 Å². The lowest BCUT2D eigenvalue weighted by atomic mass is 10.1. The van der Waals surface area contributed by atoms with Gasteiger partial charge >= 0.3 is 0 Å². The minimum absolute atomic E-state index is 0.00309. The average molecular weight is 297 g/mol. The molecule has 20 heavy (non-hydrogen) atoms. The lowest BCUT2D eigenvalue weighted by Gasteiger charge is -2.21. The molecule has 0 saturated heterocycles. The van der Waals surface area contributed by atoms with E-state index in [-0.39, 0.29) is 5.56 Å². The Kier molecular flexibility index (Phi) is 5.88. The van der Waals surface area contributed by atoms with Crippen LogP contribution in [0.25, 0.3) is 0 Å². The first-order valence-electron chi connectivity index (χ1n) is 6.61. The van der Waals surface area contributed by atoms with Crippen molar-refractivity contribution in [1.82, 2.24) is 0 Å². The fourth-order valence-corrected chi connectivity index (χ4v) is 2.11. The number of hydrogen-bond donors (Lipinski definition) is 0. The van der Waals surface area contributed by atoms with Crippen molar-refractivity contribution in [2.75, 3.05) is 11.9 Å². The van der Waals surface area contributed by atoms with E-state index in [0.29, 0.717) is 0 Å². The molecule has 0 amide bonds. The number of nitrogens with zero attached hydrogens (tertiary/aromatic N) is 1. The monoisotopic (exact) mass is 297 g/mol. The van der Waals surface area contributed by atoms with Gasteiger partial charge in [-0.25, -0.2) is 0 Å². The van der Waals surface area contributed by atoms with Crippen LogP contribution in [0.1, 0.15) is 32.8 Å². The van der Waals surface area contributed by atoms with Gasteiger partial charge in [-0.05, 0) is 38.5 Å². The quantitative estimate of drug-likeness (QED) is 0.526. The molecule has 0 aliphatic rings. The summed E-state index contributed by atoms with van der Waals surface area (Å²) in [4.78, 5) is 1.98. The van der Waals surface area contributed by atoms with E-state index >= 15 is 0 Å². The zero-order valence-electron chi connectivity index (χ0n) is 12.5. The molecule has 0 aromatic heterocycles. The van der Waals surface area contributed by atoms with Gasteiger partial charge in [0, 0.05) is 24.0 Å². The molecule has 1 nitrogen and oxygen atoms in total. The third-order valence-electron chi connectivity index (χ3n) is 3.13. The van der Waals surface area contributed by atoms with Gasteiger partial charge < -0.3 is 4.90 Å². The molecule has 1 unspecified atom stereocenters. The molecule has 1 rings (SSSR count). The van der Waals surface area contributed by atoms with Crippen molar-refractivity contribution in [3.63, 3.8) is 0 Å². The van der Waals surface area contributed by atoms with Crippen LogP contribution in [0.5, 0.6) is 0 Å². The summed E-state index contributed by atoms with van der Waals surface area (Å²) >= 11 is 0. The summed E-state index contributed by atoms with van der Waals surface area (Å²) in [5, 5.41) is 0. The Morgan fingerprint density at radius 3 is 2.25 bits per heavy atom. The minimum Gasteiger partial charge on any atom is -0.348 e. The number of benzene rings is 1. The van der Waals surface area contributed by atoms with E-state index in [4.69, 9.17) is 0 Å². The maximum atomic E-state index is 13.1. The summed E-state index contributed by atoms with van der Waals surface area (Å²) < 4.78 is 26.3. The highest BCUT2D eigenvalue weighted by Gasteiger charge is 2.24. The summed E-state index contributed by atoms with van der Waals surface area (Å²) in [5.41, 5.74) is 0.287. The van der Waals surface area contributed by atoms with Gasteiger partial charge in [0.2, 0.25) is 0 Å². The van der Waals surface area contributed by atoms with E-state index in [9.17, 15) is 8.78 Å². The summed E-state index contributed by atoms with van der Waals surface area (Å²) in [6.07, 6.45) is 5.23. The van der Waals surface area contributed by atoms with Crippen molar-refractivity contribution < 1.29 is 8.78 Å². The molecule has 1 aromatic rings. The van der Waals surface area contributed by atoms with Gasteiger partial charge in [-0.1, -0.05) is 39.9 Å². The molecule has 0 saturated carbocycles. The van der Waals surface area contributed by atoms with E-state index in [1.807, 2.05) is 18.9 Å². The molecule has 4 heteroatoms. The molecule has 0 spiro atoms. The third-order valence-corrected chi connectivity index (χ3v) is 3.46. The Labute approximate surface area is 122 Å². The van der Waals surface area contributed by atoms with E-state index in [0.717, 1.165) is 17.8 Å². The van der Waals surface area contributed by atoms with Crippen molar-refractivity contribution in [2.24, 2.45) is 0 Å². The molecule has 0 fully saturated rings. The van der Waals surface area contributed by atoms with Crippen LogP contribution in [-0.2, 0) is 5.66 Å². The summed E-state index contributed by atoms with van der Waals surface area (Å²) in [6.45, 7) is 6.15. The number of allylic oxidation sites excluding steroid dienone is 4. The molecular formula is C16H22F2NP. The highest BCUT2D eigenvalue weighted by Crippen LogP contribution is 2.35. The maximum Gasteiger partial charge on any atom is 0.283 e. The standard InChI is InChI=1S/C16H22F2NP/c1-5-6-12(2)11-13(3)19(4)15-9-7-14(8-10-15)16(17,18)20/h6-11H,5,20H2,1-4H3/b12-6-,13-11-. The van der Waals surface area contributed by atoms with Crippen LogP contribution in [0.3, 0.4) is 0 Å². The maximum absolute atomic E-state index is 13.1. The number of rotatable bonds is 5. The molecule has 0 bridgehead atoms. The van der Waals surface area contributed by atoms with Crippen molar-refractivity contribution in [3.8, 4) is 0 Å². The summed E-state index contributed by atoms with van der Waals surface area (Å²) in [5.74, 6) is 0. The van der Waals surface area contributed by atoms with Crippen molar-refractivity contribution >= 4 is 14.9 Å². The van der Waals surface area contributed by atoms with E-state index in [1.165, 1.54) is 17.7 Å². The molecule has 0 radical (unpaired) electrons. The fourth-order valence-electron chi connectivity index (χ4n) is 1.92. The zero-order chi connectivity index (χ0) is 15.3. The average Bonchev–Trinajstić information content (AvgIpc) is 2.37. The van der Waals surface area contributed by atoms with Crippen molar-refractivity contribution in [1.29, 1.82) is 0 Å². The Morgan fingerprint density at radius 2 is 1.80 bits per heavy atom. The first-order valence-corrected chi connectivity index (χ1v) is 7.19. The molecule has 1 atom stereocenters. The van der Waals surface area contributed by atoms with Crippen molar-refractivity contribution in [2.45, 2.75) is 32.9 Å².